The number of amides is 1. The number of unbranched alkanes of at least 4 members (excludes halogenated alkanes) is 1. The van der Waals surface area contributed by atoms with Crippen LogP contribution in [0.3, 0.4) is 0 Å². The molecule has 1 aliphatic heterocycles. The quantitative estimate of drug-likeness (QED) is 0.668. The maximum atomic E-state index is 12.8. The fraction of sp³-hybridized carbons (Fsp3) is 0.609. The molecule has 29 heavy (non-hydrogen) atoms. The zero-order valence-corrected chi connectivity index (χ0v) is 18.1. The fourth-order valence-electron chi connectivity index (χ4n) is 4.43. The van der Waals surface area contributed by atoms with Gasteiger partial charge in [0.25, 0.3) is 5.91 Å². The van der Waals surface area contributed by atoms with Gasteiger partial charge in [0.2, 0.25) is 0 Å². The van der Waals surface area contributed by atoms with Crippen LogP contribution in [0.15, 0.2) is 24.3 Å². The largest absolute Gasteiger partial charge is 0.351 e. The van der Waals surface area contributed by atoms with Gasteiger partial charge >= 0.3 is 0 Å². The minimum atomic E-state index is -0.494. The number of piperidine rings is 1. The number of alkyl halides is 1. The zero-order valence-electron chi connectivity index (χ0n) is 18.1. The Hall–Kier alpha value is -1.92. The Morgan fingerprint density at radius 2 is 2.03 bits per heavy atom. The van der Waals surface area contributed by atoms with Crippen molar-refractivity contribution in [3.63, 3.8) is 0 Å². The molecule has 6 heteroatoms. The van der Waals surface area contributed by atoms with Gasteiger partial charge in [0, 0.05) is 29.5 Å². The first-order chi connectivity index (χ1) is 14.0. The summed E-state index contributed by atoms with van der Waals surface area (Å²) in [5.74, 6) is -0.106. The van der Waals surface area contributed by atoms with Crippen LogP contribution < -0.4 is 5.32 Å². The van der Waals surface area contributed by atoms with Gasteiger partial charge in [-0.2, -0.15) is 0 Å². The first-order valence-electron chi connectivity index (χ1n) is 10.8. The Bertz CT molecular complexity index is 808. The SMILES string of the molecule is CCCCC1(N(C)C)CCN(CCNC(=O)c2cc3cc(CF)ccc3[nH]2)CC1. The molecule has 0 aliphatic carbocycles. The third-order valence-corrected chi connectivity index (χ3v) is 6.53. The van der Waals surface area contributed by atoms with Crippen molar-refractivity contribution >= 4 is 16.8 Å². The van der Waals surface area contributed by atoms with E-state index in [1.54, 1.807) is 18.2 Å². The van der Waals surface area contributed by atoms with Crippen LogP contribution in [0.2, 0.25) is 0 Å². The number of benzene rings is 1. The van der Waals surface area contributed by atoms with Gasteiger partial charge in [0.1, 0.15) is 12.4 Å². The van der Waals surface area contributed by atoms with Gasteiger partial charge in [0.15, 0.2) is 0 Å². The number of fused-ring (bicyclic) bond motifs is 1. The molecule has 1 aliphatic rings. The number of hydrogen-bond donors (Lipinski definition) is 2. The molecule has 160 valence electrons. The number of aromatic amines is 1. The van der Waals surface area contributed by atoms with E-state index in [4.69, 9.17) is 0 Å². The van der Waals surface area contributed by atoms with E-state index in [0.717, 1.165) is 30.5 Å². The summed E-state index contributed by atoms with van der Waals surface area (Å²) in [4.78, 5) is 20.5. The molecular formula is C23H35FN4O. The third kappa shape index (κ3) is 5.17. The summed E-state index contributed by atoms with van der Waals surface area (Å²) in [6, 6.07) is 7.14. The average Bonchev–Trinajstić information content (AvgIpc) is 3.16. The molecule has 2 aromatic rings. The van der Waals surface area contributed by atoms with Crippen molar-refractivity contribution in [2.45, 2.75) is 51.2 Å². The third-order valence-electron chi connectivity index (χ3n) is 6.53. The molecule has 1 saturated heterocycles. The number of rotatable bonds is 9. The second kappa shape index (κ2) is 9.72. The molecule has 1 fully saturated rings. The lowest BCUT2D eigenvalue weighted by Crippen LogP contribution is -2.53. The lowest BCUT2D eigenvalue weighted by atomic mass is 9.82. The molecule has 0 unspecified atom stereocenters. The molecular weight excluding hydrogens is 367 g/mol. The number of carbonyl (C=O) groups excluding carboxylic acids is 1. The van der Waals surface area contributed by atoms with E-state index in [1.165, 1.54) is 32.1 Å². The summed E-state index contributed by atoms with van der Waals surface area (Å²) >= 11 is 0. The summed E-state index contributed by atoms with van der Waals surface area (Å²) in [5.41, 5.74) is 2.34. The van der Waals surface area contributed by atoms with E-state index in [1.807, 2.05) is 6.07 Å². The van der Waals surface area contributed by atoms with Crippen molar-refractivity contribution in [2.75, 3.05) is 40.3 Å². The van der Waals surface area contributed by atoms with Gasteiger partial charge in [-0.25, -0.2) is 4.39 Å². The molecule has 3 rings (SSSR count). The van der Waals surface area contributed by atoms with Crippen LogP contribution in [0.25, 0.3) is 10.9 Å². The summed E-state index contributed by atoms with van der Waals surface area (Å²) in [7, 11) is 4.42. The fourth-order valence-corrected chi connectivity index (χ4v) is 4.43. The van der Waals surface area contributed by atoms with Crippen LogP contribution >= 0.6 is 0 Å². The van der Waals surface area contributed by atoms with E-state index in [0.29, 0.717) is 23.3 Å². The Balaban J connectivity index is 1.47. The number of aromatic nitrogens is 1. The highest BCUT2D eigenvalue weighted by Gasteiger charge is 2.35. The molecule has 2 heterocycles. The average molecular weight is 403 g/mol. The summed E-state index contributed by atoms with van der Waals surface area (Å²) in [5, 5.41) is 3.89. The van der Waals surface area contributed by atoms with E-state index < -0.39 is 6.67 Å². The standard InChI is InChI=1S/C23H35FN4O/c1-4-5-8-23(27(2)3)9-12-28(13-10-23)14-11-25-22(29)21-16-19-15-18(17-24)6-7-20(19)26-21/h6-7,15-16,26H,4-5,8-14,17H2,1-3H3,(H,25,29). The Kier molecular flexibility index (Phi) is 7.30. The van der Waals surface area contributed by atoms with E-state index in [9.17, 15) is 9.18 Å². The van der Waals surface area contributed by atoms with Crippen molar-refractivity contribution in [1.29, 1.82) is 0 Å². The summed E-state index contributed by atoms with van der Waals surface area (Å²) < 4.78 is 12.8. The molecule has 0 spiro atoms. The molecule has 0 atom stereocenters. The van der Waals surface area contributed by atoms with Crippen molar-refractivity contribution in [2.24, 2.45) is 0 Å². The molecule has 1 amide bonds. The normalized spacial score (nSPS) is 17.1. The van der Waals surface area contributed by atoms with Crippen LogP contribution in [0.4, 0.5) is 4.39 Å². The minimum Gasteiger partial charge on any atom is -0.351 e. The maximum Gasteiger partial charge on any atom is 0.267 e. The molecule has 1 aromatic heterocycles. The van der Waals surface area contributed by atoms with Crippen molar-refractivity contribution in [3.05, 3.63) is 35.5 Å². The number of halogens is 1. The number of likely N-dealkylation sites (tertiary alicyclic amines) is 1. The van der Waals surface area contributed by atoms with E-state index >= 15 is 0 Å². The minimum absolute atomic E-state index is 0.106. The first-order valence-corrected chi connectivity index (χ1v) is 10.8. The number of carbonyl (C=O) groups is 1. The zero-order chi connectivity index (χ0) is 20.9. The van der Waals surface area contributed by atoms with Crippen LogP contribution in [0.5, 0.6) is 0 Å². The van der Waals surface area contributed by atoms with Crippen LogP contribution in [-0.4, -0.2) is 66.5 Å². The van der Waals surface area contributed by atoms with Crippen molar-refractivity contribution in [3.8, 4) is 0 Å². The molecule has 2 N–H and O–H groups in total. The lowest BCUT2D eigenvalue weighted by Gasteiger charge is -2.46. The highest BCUT2D eigenvalue weighted by atomic mass is 19.1. The van der Waals surface area contributed by atoms with Gasteiger partial charge in [-0.15, -0.1) is 0 Å². The lowest BCUT2D eigenvalue weighted by molar-refractivity contribution is 0.0475. The second-order valence-corrected chi connectivity index (χ2v) is 8.56. The predicted molar refractivity (Wildman–Crippen MR) is 117 cm³/mol. The Morgan fingerprint density at radius 1 is 1.28 bits per heavy atom. The van der Waals surface area contributed by atoms with E-state index in [-0.39, 0.29) is 5.91 Å². The predicted octanol–water partition coefficient (Wildman–Crippen LogP) is 3.95. The number of nitrogens with one attached hydrogen (secondary N) is 2. The second-order valence-electron chi connectivity index (χ2n) is 8.56. The molecule has 5 nitrogen and oxygen atoms in total. The maximum absolute atomic E-state index is 12.8. The number of hydrogen-bond acceptors (Lipinski definition) is 3. The van der Waals surface area contributed by atoms with Crippen molar-refractivity contribution < 1.29 is 9.18 Å². The highest BCUT2D eigenvalue weighted by molar-refractivity contribution is 5.98. The molecule has 0 saturated carbocycles. The monoisotopic (exact) mass is 402 g/mol. The Labute approximate surface area is 173 Å². The van der Waals surface area contributed by atoms with Gasteiger partial charge in [-0.05, 0) is 70.2 Å². The van der Waals surface area contributed by atoms with Crippen molar-refractivity contribution in [1.82, 2.24) is 20.1 Å². The molecule has 1 aromatic carbocycles. The van der Waals surface area contributed by atoms with Gasteiger partial charge in [0.05, 0.1) is 0 Å². The molecule has 0 bridgehead atoms. The van der Waals surface area contributed by atoms with Crippen LogP contribution in [-0.2, 0) is 6.67 Å². The van der Waals surface area contributed by atoms with Gasteiger partial charge < -0.3 is 20.1 Å². The first kappa shape index (κ1) is 21.8. The van der Waals surface area contributed by atoms with Crippen LogP contribution in [0, 0.1) is 0 Å². The number of nitrogens with zero attached hydrogens (tertiary/aromatic N) is 2. The smallest absolute Gasteiger partial charge is 0.267 e. The Morgan fingerprint density at radius 3 is 2.69 bits per heavy atom. The van der Waals surface area contributed by atoms with Gasteiger partial charge in [-0.1, -0.05) is 25.8 Å². The number of H-pyrrole nitrogens is 1. The van der Waals surface area contributed by atoms with E-state index in [2.05, 4.69) is 41.1 Å². The molecule has 0 radical (unpaired) electrons. The summed E-state index contributed by atoms with van der Waals surface area (Å²) in [6.45, 7) is 5.43. The highest BCUT2D eigenvalue weighted by Crippen LogP contribution is 2.32. The van der Waals surface area contributed by atoms with Gasteiger partial charge in [-0.3, -0.25) is 4.79 Å². The van der Waals surface area contributed by atoms with Crippen LogP contribution in [0.1, 0.15) is 55.1 Å². The summed E-state index contributed by atoms with van der Waals surface area (Å²) in [6.07, 6.45) is 6.17. The topological polar surface area (TPSA) is 51.4 Å².